The Morgan fingerprint density at radius 3 is 2.43 bits per heavy atom. The Hall–Kier alpha value is -0.160. The van der Waals surface area contributed by atoms with E-state index >= 15 is 0 Å². The van der Waals surface area contributed by atoms with E-state index in [2.05, 4.69) is 36.6 Å². The van der Waals surface area contributed by atoms with E-state index in [4.69, 9.17) is 5.73 Å². The van der Waals surface area contributed by atoms with Gasteiger partial charge in [0.05, 0.1) is 17.2 Å². The molecule has 1 saturated heterocycles. The lowest BCUT2D eigenvalue weighted by molar-refractivity contribution is 0.462. The first-order chi connectivity index (χ1) is 9.44. The summed E-state index contributed by atoms with van der Waals surface area (Å²) in [4.78, 5) is -0.0868. The molecule has 1 aliphatic heterocycles. The lowest BCUT2D eigenvalue weighted by Crippen LogP contribution is -2.47. The third-order valence-electron chi connectivity index (χ3n) is 3.19. The molecule has 2 rings (SSSR count). The third-order valence-corrected chi connectivity index (χ3v) is 8.19. The van der Waals surface area contributed by atoms with Crippen LogP contribution in [0.3, 0.4) is 0 Å². The Bertz CT molecular complexity index is 769. The molecule has 118 valence electrons. The number of benzene rings is 1. The van der Waals surface area contributed by atoms with E-state index in [-0.39, 0.29) is 28.5 Å². The van der Waals surface area contributed by atoms with Crippen LogP contribution in [-0.4, -0.2) is 33.9 Å². The van der Waals surface area contributed by atoms with Crippen molar-refractivity contribution < 1.29 is 16.8 Å². The maximum atomic E-state index is 12.5. The summed E-state index contributed by atoms with van der Waals surface area (Å²) in [6.45, 7) is 1.58. The molecule has 1 atom stereocenters. The van der Waals surface area contributed by atoms with E-state index in [9.17, 15) is 16.8 Å². The van der Waals surface area contributed by atoms with Crippen molar-refractivity contribution in [2.24, 2.45) is 0 Å². The van der Waals surface area contributed by atoms with E-state index in [0.29, 0.717) is 8.95 Å². The molecule has 1 heterocycles. The SMILES string of the molecule is CC1(NS(=O)(=O)c2c(N)cc(Br)cc2Br)CCS(=O)(=O)C1. The smallest absolute Gasteiger partial charge is 0.244 e. The van der Waals surface area contributed by atoms with E-state index in [0.717, 1.165) is 0 Å². The van der Waals surface area contributed by atoms with Gasteiger partial charge >= 0.3 is 0 Å². The van der Waals surface area contributed by atoms with Crippen LogP contribution in [0.4, 0.5) is 5.69 Å². The highest BCUT2D eigenvalue weighted by Crippen LogP contribution is 2.33. The van der Waals surface area contributed by atoms with Crippen molar-refractivity contribution in [2.45, 2.75) is 23.8 Å². The highest BCUT2D eigenvalue weighted by Gasteiger charge is 2.42. The summed E-state index contributed by atoms with van der Waals surface area (Å²) >= 11 is 6.40. The number of nitrogen functional groups attached to an aromatic ring is 1. The normalized spacial score (nSPS) is 25.1. The number of halogens is 2. The highest BCUT2D eigenvalue weighted by atomic mass is 79.9. The first kappa shape index (κ1) is 17.2. The molecule has 0 aromatic heterocycles. The molecular formula is C11H14Br2N2O4S2. The molecule has 1 fully saturated rings. The Morgan fingerprint density at radius 1 is 1.33 bits per heavy atom. The summed E-state index contributed by atoms with van der Waals surface area (Å²) < 4.78 is 51.6. The number of sulfonamides is 1. The summed E-state index contributed by atoms with van der Waals surface area (Å²) in [5.41, 5.74) is 4.84. The fourth-order valence-corrected chi connectivity index (χ4v) is 8.02. The monoisotopic (exact) mass is 460 g/mol. The maximum Gasteiger partial charge on any atom is 0.244 e. The summed E-state index contributed by atoms with van der Waals surface area (Å²) in [7, 11) is -7.15. The molecule has 1 aliphatic rings. The van der Waals surface area contributed by atoms with Crippen LogP contribution in [0.2, 0.25) is 0 Å². The molecule has 0 amide bonds. The summed E-state index contributed by atoms with van der Waals surface area (Å²) in [6.07, 6.45) is 0.239. The minimum absolute atomic E-state index is 0.0248. The van der Waals surface area contributed by atoms with Crippen molar-refractivity contribution in [3.05, 3.63) is 21.1 Å². The predicted octanol–water partition coefficient (Wildman–Crippen LogP) is 1.65. The maximum absolute atomic E-state index is 12.5. The first-order valence-electron chi connectivity index (χ1n) is 5.93. The van der Waals surface area contributed by atoms with Crippen molar-refractivity contribution in [3.63, 3.8) is 0 Å². The molecular weight excluding hydrogens is 448 g/mol. The fraction of sp³-hybridized carbons (Fsp3) is 0.455. The number of sulfone groups is 1. The number of nitrogens with one attached hydrogen (secondary N) is 1. The lowest BCUT2D eigenvalue weighted by Gasteiger charge is -2.24. The quantitative estimate of drug-likeness (QED) is 0.665. The van der Waals surface area contributed by atoms with Crippen molar-refractivity contribution in [3.8, 4) is 0 Å². The number of rotatable bonds is 3. The zero-order valence-electron chi connectivity index (χ0n) is 11.1. The van der Waals surface area contributed by atoms with E-state index in [1.165, 1.54) is 6.07 Å². The van der Waals surface area contributed by atoms with Gasteiger partial charge in [0.25, 0.3) is 0 Å². The molecule has 6 nitrogen and oxygen atoms in total. The van der Waals surface area contributed by atoms with E-state index < -0.39 is 25.4 Å². The van der Waals surface area contributed by atoms with Gasteiger partial charge in [0.1, 0.15) is 4.90 Å². The second-order valence-electron chi connectivity index (χ2n) is 5.31. The van der Waals surface area contributed by atoms with Gasteiger partial charge in [-0.2, -0.15) is 0 Å². The summed E-state index contributed by atoms with van der Waals surface area (Å²) in [6, 6.07) is 3.05. The standard InChI is InChI=1S/C11H14Br2N2O4S2/c1-11(2-3-20(16,17)6-11)15-21(18,19)10-8(13)4-7(12)5-9(10)14/h4-5,15H,2-3,6,14H2,1H3. The third kappa shape index (κ3) is 3.79. The lowest BCUT2D eigenvalue weighted by atomic mass is 10.0. The van der Waals surface area contributed by atoms with E-state index in [1.807, 2.05) is 0 Å². The topological polar surface area (TPSA) is 106 Å². The number of anilines is 1. The van der Waals surface area contributed by atoms with Gasteiger partial charge in [-0.25, -0.2) is 21.6 Å². The molecule has 21 heavy (non-hydrogen) atoms. The average molecular weight is 462 g/mol. The van der Waals surface area contributed by atoms with Gasteiger partial charge < -0.3 is 5.73 Å². The van der Waals surface area contributed by atoms with Crippen molar-refractivity contribution in [1.82, 2.24) is 4.72 Å². The van der Waals surface area contributed by atoms with Crippen LogP contribution in [0.1, 0.15) is 13.3 Å². The zero-order chi connectivity index (χ0) is 16.1. The number of hydrogen-bond acceptors (Lipinski definition) is 5. The Kier molecular flexibility index (Phi) is 4.49. The molecule has 10 heteroatoms. The van der Waals surface area contributed by atoms with Crippen LogP contribution in [0.5, 0.6) is 0 Å². The van der Waals surface area contributed by atoms with Gasteiger partial charge in [-0.3, -0.25) is 0 Å². The predicted molar refractivity (Wildman–Crippen MR) is 88.3 cm³/mol. The van der Waals surface area contributed by atoms with Gasteiger partial charge in [-0.15, -0.1) is 0 Å². The molecule has 0 radical (unpaired) electrons. The van der Waals surface area contributed by atoms with Crippen LogP contribution >= 0.6 is 31.9 Å². The minimum Gasteiger partial charge on any atom is -0.398 e. The zero-order valence-corrected chi connectivity index (χ0v) is 15.9. The van der Waals surface area contributed by atoms with Gasteiger partial charge in [0.15, 0.2) is 9.84 Å². The van der Waals surface area contributed by atoms with Crippen LogP contribution in [-0.2, 0) is 19.9 Å². The molecule has 0 aliphatic carbocycles. The molecule has 1 aromatic rings. The molecule has 1 aromatic carbocycles. The van der Waals surface area contributed by atoms with Gasteiger partial charge in [0, 0.05) is 14.5 Å². The molecule has 3 N–H and O–H groups in total. The minimum atomic E-state index is -3.94. The second-order valence-corrected chi connectivity index (χ2v) is 10.9. The van der Waals surface area contributed by atoms with Crippen LogP contribution in [0, 0.1) is 0 Å². The molecule has 1 unspecified atom stereocenters. The highest BCUT2D eigenvalue weighted by molar-refractivity contribution is 9.11. The molecule has 0 saturated carbocycles. The van der Waals surface area contributed by atoms with Gasteiger partial charge in [-0.1, -0.05) is 15.9 Å². The van der Waals surface area contributed by atoms with Crippen LogP contribution < -0.4 is 10.5 Å². The fourth-order valence-electron chi connectivity index (χ4n) is 2.33. The number of hydrogen-bond donors (Lipinski definition) is 2. The Balaban J connectivity index is 2.41. The van der Waals surface area contributed by atoms with Gasteiger partial charge in [-0.05, 0) is 41.4 Å². The average Bonchev–Trinajstić information content (AvgIpc) is 2.48. The van der Waals surface area contributed by atoms with Crippen LogP contribution in [0.15, 0.2) is 26.0 Å². The largest absolute Gasteiger partial charge is 0.398 e. The van der Waals surface area contributed by atoms with Crippen molar-refractivity contribution in [1.29, 1.82) is 0 Å². The van der Waals surface area contributed by atoms with Crippen molar-refractivity contribution in [2.75, 3.05) is 17.2 Å². The Morgan fingerprint density at radius 2 is 1.95 bits per heavy atom. The molecule has 0 bridgehead atoms. The number of nitrogens with two attached hydrogens (primary N) is 1. The second kappa shape index (κ2) is 5.48. The van der Waals surface area contributed by atoms with E-state index in [1.54, 1.807) is 13.0 Å². The summed E-state index contributed by atoms with van der Waals surface area (Å²) in [5.74, 6) is -0.240. The molecule has 0 spiro atoms. The Labute approximate surface area is 140 Å². The summed E-state index contributed by atoms with van der Waals surface area (Å²) in [5, 5.41) is 0. The van der Waals surface area contributed by atoms with Crippen LogP contribution in [0.25, 0.3) is 0 Å². The first-order valence-corrected chi connectivity index (χ1v) is 10.8. The van der Waals surface area contributed by atoms with Crippen molar-refractivity contribution >= 4 is 57.4 Å². The van der Waals surface area contributed by atoms with Gasteiger partial charge in [0.2, 0.25) is 10.0 Å².